The number of rotatable bonds is 5. The largest absolute Gasteiger partial charge is 0.496 e. The van der Waals surface area contributed by atoms with Crippen LogP contribution in [-0.2, 0) is 9.63 Å². The van der Waals surface area contributed by atoms with Gasteiger partial charge in [-0.2, -0.15) is 0 Å². The average Bonchev–Trinajstić information content (AvgIpc) is 3.12. The van der Waals surface area contributed by atoms with Crippen LogP contribution in [0.5, 0.6) is 5.75 Å². The number of hydrogen-bond acceptors (Lipinski definition) is 5. The second-order valence-electron chi connectivity index (χ2n) is 5.66. The number of ketones is 1. The Bertz CT molecular complexity index is 828. The van der Waals surface area contributed by atoms with Crippen LogP contribution in [0.15, 0.2) is 53.7 Å². The van der Waals surface area contributed by atoms with Crippen LogP contribution < -0.4 is 10.1 Å². The molecule has 1 atom stereocenters. The first kappa shape index (κ1) is 16.7. The number of nitrogens with one attached hydrogen (secondary N) is 1. The number of anilines is 1. The van der Waals surface area contributed by atoms with Gasteiger partial charge in [0.2, 0.25) is 6.10 Å². The molecule has 0 aliphatic carbocycles. The summed E-state index contributed by atoms with van der Waals surface area (Å²) in [7, 11) is 1.59. The van der Waals surface area contributed by atoms with E-state index in [1.165, 1.54) is 6.92 Å². The first-order valence-corrected chi connectivity index (χ1v) is 7.86. The number of carbonyl (C=O) groups excluding carboxylic acids is 2. The SMILES string of the molecule is COc1ccccc1C1=NO[C@H](C(=O)Nc2ccc(C(C)=O)cc2)C1. The highest BCUT2D eigenvalue weighted by Gasteiger charge is 2.30. The van der Waals surface area contributed by atoms with E-state index in [1.807, 2.05) is 24.3 Å². The maximum atomic E-state index is 12.4. The molecular weight excluding hydrogens is 320 g/mol. The Labute approximate surface area is 145 Å². The number of amides is 1. The molecule has 0 unspecified atom stereocenters. The van der Waals surface area contributed by atoms with E-state index in [0.717, 1.165) is 5.56 Å². The molecule has 1 aliphatic rings. The zero-order chi connectivity index (χ0) is 17.8. The van der Waals surface area contributed by atoms with Gasteiger partial charge < -0.3 is 14.9 Å². The molecule has 0 bridgehead atoms. The number of nitrogens with zero attached hydrogens (tertiary/aromatic N) is 1. The predicted octanol–water partition coefficient (Wildman–Crippen LogP) is 3.03. The fraction of sp³-hybridized carbons (Fsp3) is 0.211. The van der Waals surface area contributed by atoms with Crippen molar-refractivity contribution in [3.8, 4) is 5.75 Å². The van der Waals surface area contributed by atoms with Crippen LogP contribution >= 0.6 is 0 Å². The number of Topliss-reactive ketones (excluding diaryl/α,β-unsaturated/α-hetero) is 1. The van der Waals surface area contributed by atoms with Crippen molar-refractivity contribution < 1.29 is 19.2 Å². The van der Waals surface area contributed by atoms with Crippen LogP contribution in [0.1, 0.15) is 29.3 Å². The first-order chi connectivity index (χ1) is 12.1. The zero-order valence-corrected chi connectivity index (χ0v) is 14.0. The third kappa shape index (κ3) is 3.68. The van der Waals surface area contributed by atoms with Crippen LogP contribution in [-0.4, -0.2) is 30.6 Å². The minimum atomic E-state index is -0.701. The summed E-state index contributed by atoms with van der Waals surface area (Å²) in [6, 6.07) is 14.2. The van der Waals surface area contributed by atoms with Gasteiger partial charge in [-0.3, -0.25) is 9.59 Å². The molecule has 0 spiro atoms. The summed E-state index contributed by atoms with van der Waals surface area (Å²) in [4.78, 5) is 28.9. The van der Waals surface area contributed by atoms with E-state index >= 15 is 0 Å². The molecule has 6 nitrogen and oxygen atoms in total. The average molecular weight is 338 g/mol. The number of benzene rings is 2. The lowest BCUT2D eigenvalue weighted by Crippen LogP contribution is -2.28. The second kappa shape index (κ2) is 7.17. The lowest BCUT2D eigenvalue weighted by atomic mass is 10.0. The Kier molecular flexibility index (Phi) is 4.79. The van der Waals surface area contributed by atoms with E-state index in [1.54, 1.807) is 31.4 Å². The molecule has 0 fully saturated rings. The Balaban J connectivity index is 1.64. The fourth-order valence-electron chi connectivity index (χ4n) is 2.57. The van der Waals surface area contributed by atoms with Gasteiger partial charge in [0.1, 0.15) is 5.75 Å². The fourth-order valence-corrected chi connectivity index (χ4v) is 2.57. The highest BCUT2D eigenvalue weighted by molar-refractivity contribution is 6.07. The van der Waals surface area contributed by atoms with E-state index in [0.29, 0.717) is 29.1 Å². The Morgan fingerprint density at radius 2 is 1.88 bits per heavy atom. The van der Waals surface area contributed by atoms with Crippen LogP contribution in [0, 0.1) is 0 Å². The molecule has 0 radical (unpaired) electrons. The molecule has 2 aromatic carbocycles. The summed E-state index contributed by atoms with van der Waals surface area (Å²) in [5.41, 5.74) is 2.68. The molecular formula is C19H18N2O4. The van der Waals surface area contributed by atoms with Crippen molar-refractivity contribution in [1.82, 2.24) is 0 Å². The third-order valence-corrected chi connectivity index (χ3v) is 3.94. The third-order valence-electron chi connectivity index (χ3n) is 3.94. The van der Waals surface area contributed by atoms with Crippen molar-refractivity contribution in [2.24, 2.45) is 5.16 Å². The van der Waals surface area contributed by atoms with Gasteiger partial charge in [-0.05, 0) is 43.3 Å². The van der Waals surface area contributed by atoms with E-state index < -0.39 is 6.10 Å². The lowest BCUT2D eigenvalue weighted by molar-refractivity contribution is -0.125. The maximum absolute atomic E-state index is 12.4. The van der Waals surface area contributed by atoms with E-state index in [-0.39, 0.29) is 11.7 Å². The Morgan fingerprint density at radius 3 is 2.56 bits per heavy atom. The lowest BCUT2D eigenvalue weighted by Gasteiger charge is -2.10. The van der Waals surface area contributed by atoms with Crippen molar-refractivity contribution in [3.05, 3.63) is 59.7 Å². The van der Waals surface area contributed by atoms with Gasteiger partial charge in [-0.15, -0.1) is 0 Å². The van der Waals surface area contributed by atoms with Crippen molar-refractivity contribution in [3.63, 3.8) is 0 Å². The number of oxime groups is 1. The maximum Gasteiger partial charge on any atom is 0.268 e. The van der Waals surface area contributed by atoms with Crippen molar-refractivity contribution in [2.45, 2.75) is 19.4 Å². The standard InChI is InChI=1S/C19H18N2O4/c1-12(22)13-7-9-14(10-8-13)20-19(23)18-11-16(21-25-18)15-5-3-4-6-17(15)24-2/h3-10,18H,11H2,1-2H3,(H,20,23)/t18-/m0/s1. The van der Waals surface area contributed by atoms with Crippen molar-refractivity contribution >= 4 is 23.1 Å². The van der Waals surface area contributed by atoms with Crippen LogP contribution in [0.3, 0.4) is 0 Å². The van der Waals surface area contributed by atoms with Gasteiger partial charge in [0.15, 0.2) is 5.78 Å². The molecule has 1 heterocycles. The Morgan fingerprint density at radius 1 is 1.16 bits per heavy atom. The van der Waals surface area contributed by atoms with Gasteiger partial charge in [-0.1, -0.05) is 17.3 Å². The highest BCUT2D eigenvalue weighted by Crippen LogP contribution is 2.25. The van der Waals surface area contributed by atoms with E-state index in [4.69, 9.17) is 9.57 Å². The summed E-state index contributed by atoms with van der Waals surface area (Å²) in [6.07, 6.45) is -0.343. The predicted molar refractivity (Wildman–Crippen MR) is 94.1 cm³/mol. The number of methoxy groups -OCH3 is 1. The zero-order valence-electron chi connectivity index (χ0n) is 14.0. The van der Waals surface area contributed by atoms with Gasteiger partial charge in [0.25, 0.3) is 5.91 Å². The molecule has 0 saturated carbocycles. The van der Waals surface area contributed by atoms with Crippen molar-refractivity contribution in [2.75, 3.05) is 12.4 Å². The van der Waals surface area contributed by atoms with Gasteiger partial charge in [0.05, 0.1) is 12.8 Å². The first-order valence-electron chi connectivity index (χ1n) is 7.86. The summed E-state index contributed by atoms with van der Waals surface area (Å²) in [5, 5.41) is 6.80. The quantitative estimate of drug-likeness (QED) is 0.850. The topological polar surface area (TPSA) is 77.0 Å². The second-order valence-corrected chi connectivity index (χ2v) is 5.66. The molecule has 2 aromatic rings. The highest BCUT2D eigenvalue weighted by atomic mass is 16.6. The molecule has 0 saturated heterocycles. The van der Waals surface area contributed by atoms with Crippen LogP contribution in [0.4, 0.5) is 5.69 Å². The smallest absolute Gasteiger partial charge is 0.268 e. The van der Waals surface area contributed by atoms with Crippen LogP contribution in [0.2, 0.25) is 0 Å². The molecule has 25 heavy (non-hydrogen) atoms. The van der Waals surface area contributed by atoms with Gasteiger partial charge in [-0.25, -0.2) is 0 Å². The van der Waals surface area contributed by atoms with Gasteiger partial charge >= 0.3 is 0 Å². The van der Waals surface area contributed by atoms with Crippen LogP contribution in [0.25, 0.3) is 0 Å². The molecule has 1 amide bonds. The summed E-state index contributed by atoms with van der Waals surface area (Å²) < 4.78 is 5.32. The minimum absolute atomic E-state index is 0.0214. The molecule has 0 aromatic heterocycles. The number of para-hydroxylation sites is 1. The molecule has 1 aliphatic heterocycles. The molecule has 3 rings (SSSR count). The van der Waals surface area contributed by atoms with Gasteiger partial charge in [0, 0.05) is 23.2 Å². The normalized spacial score (nSPS) is 15.9. The summed E-state index contributed by atoms with van der Waals surface area (Å²) in [5.74, 6) is 0.377. The molecule has 128 valence electrons. The van der Waals surface area contributed by atoms with Crippen molar-refractivity contribution in [1.29, 1.82) is 0 Å². The minimum Gasteiger partial charge on any atom is -0.496 e. The van der Waals surface area contributed by atoms with E-state index in [9.17, 15) is 9.59 Å². The molecule has 6 heteroatoms. The van der Waals surface area contributed by atoms with E-state index in [2.05, 4.69) is 10.5 Å². The summed E-state index contributed by atoms with van der Waals surface area (Å²) >= 11 is 0. The number of ether oxygens (including phenoxy) is 1. The Hall–Kier alpha value is -3.15. The number of carbonyl (C=O) groups is 2. The number of hydrogen-bond donors (Lipinski definition) is 1. The summed E-state index contributed by atoms with van der Waals surface area (Å²) in [6.45, 7) is 1.50. The molecule has 1 N–H and O–H groups in total. The monoisotopic (exact) mass is 338 g/mol.